The average molecular weight is 170 g/mol. The molecule has 0 aliphatic carbocycles. The molecule has 2 N–H and O–H groups in total. The van der Waals surface area contributed by atoms with Gasteiger partial charge >= 0.3 is 12.1 Å². The molecule has 0 aromatic heterocycles. The summed E-state index contributed by atoms with van der Waals surface area (Å²) in [6.45, 7) is -0.0204. The summed E-state index contributed by atoms with van der Waals surface area (Å²) in [5.41, 5.74) is -0.329. The van der Waals surface area contributed by atoms with E-state index in [4.69, 9.17) is 10.2 Å². The van der Waals surface area contributed by atoms with E-state index in [1.165, 1.54) is 6.21 Å². The van der Waals surface area contributed by atoms with E-state index in [0.717, 1.165) is 6.20 Å². The Morgan fingerprint density at radius 2 is 2.17 bits per heavy atom. The maximum absolute atomic E-state index is 10.4. The molecule has 0 saturated carbocycles. The van der Waals surface area contributed by atoms with Crippen molar-refractivity contribution in [1.82, 2.24) is 4.90 Å². The second kappa shape index (κ2) is 3.04. The van der Waals surface area contributed by atoms with Crippen molar-refractivity contribution >= 4 is 18.3 Å². The molecule has 12 heavy (non-hydrogen) atoms. The van der Waals surface area contributed by atoms with Gasteiger partial charge < -0.3 is 10.2 Å². The van der Waals surface area contributed by atoms with E-state index in [2.05, 4.69) is 4.99 Å². The third-order valence-corrected chi connectivity index (χ3v) is 1.31. The maximum Gasteiger partial charge on any atom is 0.412 e. The zero-order valence-electron chi connectivity index (χ0n) is 5.97. The molecule has 0 aromatic carbocycles. The van der Waals surface area contributed by atoms with Gasteiger partial charge in [0, 0.05) is 6.21 Å². The number of carboxylic acids is 1. The number of hydrogen-bond donors (Lipinski definition) is 2. The van der Waals surface area contributed by atoms with Gasteiger partial charge in [-0.25, -0.2) is 9.59 Å². The SMILES string of the molecule is O=C(O)C1=CN=CCN1C(=O)O. The fourth-order valence-corrected chi connectivity index (χ4v) is 0.772. The fraction of sp³-hybridized carbons (Fsp3) is 0.167. The number of aliphatic imine (C=N–C) groups is 1. The number of carbonyl (C=O) groups is 2. The molecule has 64 valence electrons. The standard InChI is InChI=1S/C6H6N2O4/c9-5(10)4-3-7-1-2-8(4)6(11)12/h1,3H,2H2,(H,9,10)(H,11,12). The maximum atomic E-state index is 10.4. The average Bonchev–Trinajstić information content (AvgIpc) is 2.04. The van der Waals surface area contributed by atoms with Gasteiger partial charge in [-0.05, 0) is 0 Å². The first-order valence-electron chi connectivity index (χ1n) is 3.08. The summed E-state index contributed by atoms with van der Waals surface area (Å²) in [5, 5.41) is 17.0. The molecular formula is C6H6N2O4. The Hall–Kier alpha value is -1.85. The quantitative estimate of drug-likeness (QED) is 0.578. The molecule has 0 fully saturated rings. The van der Waals surface area contributed by atoms with Crippen LogP contribution in [0, 0.1) is 0 Å². The van der Waals surface area contributed by atoms with E-state index in [1.54, 1.807) is 0 Å². The summed E-state index contributed by atoms with van der Waals surface area (Å²) in [6.07, 6.45) is 1.02. The Kier molecular flexibility index (Phi) is 2.09. The van der Waals surface area contributed by atoms with Crippen LogP contribution in [0.2, 0.25) is 0 Å². The van der Waals surface area contributed by atoms with Crippen LogP contribution >= 0.6 is 0 Å². The molecular weight excluding hydrogens is 164 g/mol. The lowest BCUT2D eigenvalue weighted by Crippen LogP contribution is -2.35. The van der Waals surface area contributed by atoms with Gasteiger partial charge in [-0.3, -0.25) is 9.89 Å². The Bertz CT molecular complexity index is 281. The molecule has 1 rings (SSSR count). The first kappa shape index (κ1) is 8.25. The summed E-state index contributed by atoms with van der Waals surface area (Å²) in [5.74, 6) is -1.30. The Labute approximate surface area is 67.4 Å². The largest absolute Gasteiger partial charge is 0.477 e. The minimum Gasteiger partial charge on any atom is -0.477 e. The number of hydrogen-bond acceptors (Lipinski definition) is 3. The van der Waals surface area contributed by atoms with Crippen molar-refractivity contribution < 1.29 is 19.8 Å². The molecule has 1 amide bonds. The van der Waals surface area contributed by atoms with Crippen molar-refractivity contribution in [2.24, 2.45) is 4.99 Å². The van der Waals surface area contributed by atoms with Gasteiger partial charge in [0.15, 0.2) is 5.70 Å². The smallest absolute Gasteiger partial charge is 0.412 e. The molecule has 6 nitrogen and oxygen atoms in total. The summed E-state index contributed by atoms with van der Waals surface area (Å²) >= 11 is 0. The van der Waals surface area contributed by atoms with Crippen LogP contribution in [0.1, 0.15) is 0 Å². The first-order chi connectivity index (χ1) is 5.63. The van der Waals surface area contributed by atoms with Crippen LogP contribution in [0.15, 0.2) is 16.9 Å². The van der Waals surface area contributed by atoms with Crippen LogP contribution in [0.5, 0.6) is 0 Å². The summed E-state index contributed by atoms with van der Waals surface area (Å²) < 4.78 is 0. The molecule has 0 unspecified atom stereocenters. The minimum absolute atomic E-state index is 0.0204. The number of aliphatic carboxylic acids is 1. The molecule has 1 heterocycles. The van der Waals surface area contributed by atoms with Crippen molar-refractivity contribution in [2.75, 3.05) is 6.54 Å². The van der Waals surface area contributed by atoms with Gasteiger partial charge in [-0.15, -0.1) is 0 Å². The van der Waals surface area contributed by atoms with Crippen molar-refractivity contribution in [1.29, 1.82) is 0 Å². The number of carboxylic acid groups (broad SMARTS) is 2. The molecule has 0 atom stereocenters. The number of nitrogens with zero attached hydrogens (tertiary/aromatic N) is 2. The van der Waals surface area contributed by atoms with Crippen LogP contribution in [0.3, 0.4) is 0 Å². The number of amides is 1. The van der Waals surface area contributed by atoms with Crippen molar-refractivity contribution in [3.8, 4) is 0 Å². The summed E-state index contributed by atoms with van der Waals surface area (Å²) in [7, 11) is 0. The summed E-state index contributed by atoms with van der Waals surface area (Å²) in [6, 6.07) is 0. The van der Waals surface area contributed by atoms with Gasteiger partial charge in [0.25, 0.3) is 0 Å². The lowest BCUT2D eigenvalue weighted by atomic mass is 10.3. The van der Waals surface area contributed by atoms with Gasteiger partial charge in [0.1, 0.15) is 0 Å². The molecule has 0 aromatic rings. The van der Waals surface area contributed by atoms with Crippen molar-refractivity contribution in [3.05, 3.63) is 11.9 Å². The van der Waals surface area contributed by atoms with Gasteiger partial charge in [0.05, 0.1) is 12.7 Å². The van der Waals surface area contributed by atoms with Gasteiger partial charge in [-0.2, -0.15) is 0 Å². The predicted octanol–water partition coefficient (Wildman–Crippen LogP) is -0.0232. The van der Waals surface area contributed by atoms with Gasteiger partial charge in [-0.1, -0.05) is 0 Å². The highest BCUT2D eigenvalue weighted by atomic mass is 16.4. The zero-order chi connectivity index (χ0) is 9.14. The van der Waals surface area contributed by atoms with E-state index in [-0.39, 0.29) is 12.2 Å². The Morgan fingerprint density at radius 1 is 1.50 bits per heavy atom. The monoisotopic (exact) mass is 170 g/mol. The topological polar surface area (TPSA) is 90.2 Å². The first-order valence-corrected chi connectivity index (χ1v) is 3.08. The Morgan fingerprint density at radius 3 is 2.58 bits per heavy atom. The van der Waals surface area contributed by atoms with Gasteiger partial charge in [0.2, 0.25) is 0 Å². The van der Waals surface area contributed by atoms with E-state index >= 15 is 0 Å². The van der Waals surface area contributed by atoms with Crippen LogP contribution in [-0.2, 0) is 4.79 Å². The molecule has 0 bridgehead atoms. The highest BCUT2D eigenvalue weighted by molar-refractivity contribution is 5.92. The van der Waals surface area contributed by atoms with Crippen LogP contribution in [-0.4, -0.2) is 39.9 Å². The Balaban J connectivity index is 2.91. The highest BCUT2D eigenvalue weighted by Crippen LogP contribution is 2.07. The third kappa shape index (κ3) is 1.42. The minimum atomic E-state index is -1.30. The zero-order valence-corrected chi connectivity index (χ0v) is 5.97. The lowest BCUT2D eigenvalue weighted by Gasteiger charge is -2.18. The van der Waals surface area contributed by atoms with E-state index in [0.29, 0.717) is 4.90 Å². The molecule has 1 aliphatic rings. The lowest BCUT2D eigenvalue weighted by molar-refractivity contribution is -0.134. The van der Waals surface area contributed by atoms with Crippen LogP contribution < -0.4 is 0 Å². The molecule has 0 saturated heterocycles. The van der Waals surface area contributed by atoms with Crippen LogP contribution in [0.4, 0.5) is 4.79 Å². The molecule has 0 spiro atoms. The second-order valence-electron chi connectivity index (χ2n) is 2.04. The number of rotatable bonds is 1. The van der Waals surface area contributed by atoms with Crippen LogP contribution in [0.25, 0.3) is 0 Å². The fourth-order valence-electron chi connectivity index (χ4n) is 0.772. The highest BCUT2D eigenvalue weighted by Gasteiger charge is 2.23. The molecule has 6 heteroatoms. The molecule has 1 aliphatic heterocycles. The van der Waals surface area contributed by atoms with Crippen molar-refractivity contribution in [2.45, 2.75) is 0 Å². The van der Waals surface area contributed by atoms with E-state index in [9.17, 15) is 9.59 Å². The third-order valence-electron chi connectivity index (χ3n) is 1.31. The van der Waals surface area contributed by atoms with E-state index in [1.807, 2.05) is 0 Å². The second-order valence-corrected chi connectivity index (χ2v) is 2.04. The normalized spacial score (nSPS) is 15.7. The summed E-state index contributed by atoms with van der Waals surface area (Å²) in [4.78, 5) is 25.1. The molecule has 0 radical (unpaired) electrons. The van der Waals surface area contributed by atoms with Crippen molar-refractivity contribution in [3.63, 3.8) is 0 Å². The predicted molar refractivity (Wildman–Crippen MR) is 38.9 cm³/mol. The van der Waals surface area contributed by atoms with E-state index < -0.39 is 12.1 Å².